The van der Waals surface area contributed by atoms with Crippen molar-refractivity contribution < 1.29 is 9.90 Å². The van der Waals surface area contributed by atoms with Crippen LogP contribution in [0.2, 0.25) is 0 Å². The van der Waals surface area contributed by atoms with Gasteiger partial charge in [0.1, 0.15) is 16.7 Å². The van der Waals surface area contributed by atoms with E-state index in [4.69, 9.17) is 10.6 Å². The Morgan fingerprint density at radius 3 is 2.92 bits per heavy atom. The molecular formula is C7H13N4O2+. The van der Waals surface area contributed by atoms with Crippen molar-refractivity contribution in [3.8, 4) is 0 Å². The van der Waals surface area contributed by atoms with E-state index in [0.29, 0.717) is 6.42 Å². The molecule has 13 heavy (non-hydrogen) atoms. The van der Waals surface area contributed by atoms with Gasteiger partial charge < -0.3 is 10.4 Å². The van der Waals surface area contributed by atoms with Gasteiger partial charge in [0.05, 0.1) is 0 Å². The van der Waals surface area contributed by atoms with E-state index in [1.54, 1.807) is 0 Å². The van der Waals surface area contributed by atoms with Crippen molar-refractivity contribution in [1.29, 1.82) is 5.53 Å². The third-order valence-corrected chi connectivity index (χ3v) is 2.39. The second kappa shape index (κ2) is 4.00. The lowest BCUT2D eigenvalue weighted by Gasteiger charge is -2.13. The normalized spacial score (nSPS) is 32.2. The van der Waals surface area contributed by atoms with E-state index in [0.717, 1.165) is 6.42 Å². The molecule has 0 saturated heterocycles. The Bertz CT molecular complexity index is 249. The summed E-state index contributed by atoms with van der Waals surface area (Å²) in [7, 11) is 0. The molecule has 0 aromatic heterocycles. The van der Waals surface area contributed by atoms with Crippen molar-refractivity contribution in [2.75, 3.05) is 0 Å². The molecule has 6 heteroatoms. The molecule has 0 radical (unpaired) electrons. The predicted octanol–water partition coefficient (Wildman–Crippen LogP) is 0.971. The molecule has 1 aliphatic rings. The van der Waals surface area contributed by atoms with Crippen LogP contribution in [0, 0.1) is 11.4 Å². The molecular weight excluding hydrogens is 172 g/mol. The minimum Gasteiger partial charge on any atom is -0.465 e. The van der Waals surface area contributed by atoms with Crippen molar-refractivity contribution in [2.45, 2.75) is 31.8 Å². The molecule has 0 aromatic rings. The van der Waals surface area contributed by atoms with Crippen LogP contribution in [0.25, 0.3) is 0 Å². The first-order valence-electron chi connectivity index (χ1n) is 4.19. The van der Waals surface area contributed by atoms with Crippen molar-refractivity contribution in [3.05, 3.63) is 0 Å². The highest BCUT2D eigenvalue weighted by molar-refractivity contribution is 5.64. The number of nitrogens with zero attached hydrogens (tertiary/aromatic N) is 2. The van der Waals surface area contributed by atoms with Crippen LogP contribution in [0.4, 0.5) is 4.79 Å². The number of amides is 1. The number of hydrogen-bond donors (Lipinski definition) is 3. The van der Waals surface area contributed by atoms with Gasteiger partial charge in [0, 0.05) is 6.04 Å². The Kier molecular flexibility index (Phi) is 2.97. The zero-order valence-corrected chi connectivity index (χ0v) is 7.40. The lowest BCUT2D eigenvalue weighted by Crippen LogP contribution is -2.35. The van der Waals surface area contributed by atoms with Crippen LogP contribution in [0.15, 0.2) is 5.11 Å². The monoisotopic (exact) mass is 185 g/mol. The fourth-order valence-corrected chi connectivity index (χ4v) is 1.75. The second-order valence-electron chi connectivity index (χ2n) is 3.37. The number of carboxylic acid groups (broad SMARTS) is 1. The first kappa shape index (κ1) is 9.67. The first-order chi connectivity index (χ1) is 6.13. The number of rotatable bonds is 2. The molecule has 1 amide bonds. The quantitative estimate of drug-likeness (QED) is 0.441. The van der Waals surface area contributed by atoms with E-state index in [-0.39, 0.29) is 18.0 Å². The summed E-state index contributed by atoms with van der Waals surface area (Å²) in [5, 5.41) is 14.6. The van der Waals surface area contributed by atoms with Gasteiger partial charge in [-0.1, -0.05) is 6.92 Å². The average Bonchev–Trinajstić information content (AvgIpc) is 2.31. The summed E-state index contributed by atoms with van der Waals surface area (Å²) < 4.78 is 0. The minimum absolute atomic E-state index is 0.00403. The predicted molar refractivity (Wildman–Crippen MR) is 44.4 cm³/mol. The lowest BCUT2D eigenvalue weighted by atomic mass is 10.1. The lowest BCUT2D eigenvalue weighted by molar-refractivity contribution is 0.187. The Labute approximate surface area is 75.6 Å². The van der Waals surface area contributed by atoms with Crippen molar-refractivity contribution in [1.82, 2.24) is 10.2 Å². The topological polar surface area (TPSA) is 99.6 Å². The number of hydrogen-bond acceptors (Lipinski definition) is 3. The summed E-state index contributed by atoms with van der Waals surface area (Å²) in [5.74, 6) is 0.270. The molecule has 1 rings (SSSR count). The standard InChI is InChI=1S/C7H12N4O2/c1-4-2-5(10-11-8)3-6(4)9-7(12)13/h4-6,8-9H,2-3H2,1H3/p+1/t4-,5+,6-/m0/s1. The van der Waals surface area contributed by atoms with Gasteiger partial charge in [0.2, 0.25) is 4.91 Å². The van der Waals surface area contributed by atoms with Gasteiger partial charge in [-0.15, -0.1) is 0 Å². The van der Waals surface area contributed by atoms with Crippen molar-refractivity contribution in [2.24, 2.45) is 11.0 Å². The van der Waals surface area contributed by atoms with Gasteiger partial charge in [-0.05, 0) is 18.8 Å². The molecule has 0 bridgehead atoms. The van der Waals surface area contributed by atoms with E-state index in [1.165, 1.54) is 0 Å². The molecule has 1 fully saturated rings. The highest BCUT2D eigenvalue weighted by Crippen LogP contribution is 2.27. The van der Waals surface area contributed by atoms with E-state index < -0.39 is 6.09 Å². The molecule has 1 aliphatic carbocycles. The fraction of sp³-hybridized carbons (Fsp3) is 0.857. The number of carbonyl (C=O) groups is 1. The van der Waals surface area contributed by atoms with Crippen LogP contribution in [0.3, 0.4) is 0 Å². The molecule has 0 spiro atoms. The molecule has 6 nitrogen and oxygen atoms in total. The molecule has 0 aliphatic heterocycles. The molecule has 0 heterocycles. The maximum atomic E-state index is 10.4. The summed E-state index contributed by atoms with van der Waals surface area (Å²) >= 11 is 0. The summed E-state index contributed by atoms with van der Waals surface area (Å²) in [6.45, 7) is 1.97. The van der Waals surface area contributed by atoms with Gasteiger partial charge in [-0.25, -0.2) is 4.79 Å². The fourth-order valence-electron chi connectivity index (χ4n) is 1.75. The largest absolute Gasteiger partial charge is 0.465 e. The molecule has 72 valence electrons. The molecule has 1 saturated carbocycles. The summed E-state index contributed by atoms with van der Waals surface area (Å²) in [6.07, 6.45) is 0.448. The third kappa shape index (κ3) is 2.52. The van der Waals surface area contributed by atoms with E-state index >= 15 is 0 Å². The zero-order chi connectivity index (χ0) is 9.84. The third-order valence-electron chi connectivity index (χ3n) is 2.39. The smallest absolute Gasteiger partial charge is 0.404 e. The molecule has 3 N–H and O–H groups in total. The Morgan fingerprint density at radius 1 is 1.69 bits per heavy atom. The van der Waals surface area contributed by atoms with Crippen LogP contribution < -0.4 is 10.2 Å². The molecule has 0 unspecified atom stereocenters. The van der Waals surface area contributed by atoms with Gasteiger partial charge in [0.25, 0.3) is 0 Å². The summed E-state index contributed by atoms with van der Waals surface area (Å²) in [5.41, 5.74) is 6.56. The maximum Gasteiger partial charge on any atom is 0.404 e. The first-order valence-corrected chi connectivity index (χ1v) is 4.19. The van der Waals surface area contributed by atoms with Crippen LogP contribution in [-0.4, -0.2) is 23.3 Å². The van der Waals surface area contributed by atoms with E-state index in [1.807, 2.05) is 6.92 Å². The Hall–Kier alpha value is -1.42. The average molecular weight is 185 g/mol. The SMILES string of the molecule is C[C@H]1C[C@@H](N=[N+]=N)C[C@@H]1NC(=O)O. The van der Waals surface area contributed by atoms with Crippen LogP contribution in [-0.2, 0) is 0 Å². The van der Waals surface area contributed by atoms with Gasteiger partial charge in [-0.2, -0.15) is 0 Å². The zero-order valence-electron chi connectivity index (χ0n) is 7.40. The van der Waals surface area contributed by atoms with Crippen LogP contribution >= 0.6 is 0 Å². The van der Waals surface area contributed by atoms with Crippen LogP contribution in [0.5, 0.6) is 0 Å². The van der Waals surface area contributed by atoms with Crippen molar-refractivity contribution >= 4 is 6.09 Å². The van der Waals surface area contributed by atoms with Crippen molar-refractivity contribution in [3.63, 3.8) is 0 Å². The van der Waals surface area contributed by atoms with Gasteiger partial charge in [0.15, 0.2) is 0 Å². The van der Waals surface area contributed by atoms with Gasteiger partial charge >= 0.3 is 6.09 Å². The maximum absolute atomic E-state index is 10.4. The minimum atomic E-state index is -1.000. The highest BCUT2D eigenvalue weighted by Gasteiger charge is 2.34. The summed E-state index contributed by atoms with van der Waals surface area (Å²) in [6, 6.07) is -0.0441. The summed E-state index contributed by atoms with van der Waals surface area (Å²) in [4.78, 5) is 13.3. The van der Waals surface area contributed by atoms with E-state index in [9.17, 15) is 4.79 Å². The number of nitrogens with one attached hydrogen (secondary N) is 2. The van der Waals surface area contributed by atoms with E-state index in [2.05, 4.69) is 15.3 Å². The molecule has 3 atom stereocenters. The van der Waals surface area contributed by atoms with Gasteiger partial charge in [-0.3, -0.25) is 0 Å². The Balaban J connectivity index is 2.50. The molecule has 0 aromatic carbocycles. The van der Waals surface area contributed by atoms with Crippen LogP contribution in [0.1, 0.15) is 19.8 Å². The highest BCUT2D eigenvalue weighted by atomic mass is 16.4. The Morgan fingerprint density at radius 2 is 2.38 bits per heavy atom. The second-order valence-corrected chi connectivity index (χ2v) is 3.37.